The molecule has 0 aliphatic heterocycles. The zero-order valence-electron chi connectivity index (χ0n) is 7.42. The molecule has 1 aromatic carbocycles. The summed E-state index contributed by atoms with van der Waals surface area (Å²) in [6.45, 7) is 0. The number of carboxylic acids is 1. The summed E-state index contributed by atoms with van der Waals surface area (Å²) in [6, 6.07) is 9.75. The van der Waals surface area contributed by atoms with E-state index < -0.39 is 5.97 Å². The van der Waals surface area contributed by atoms with Crippen molar-refractivity contribution < 1.29 is 9.90 Å². The number of aliphatic carboxylic acids is 1. The average Bonchev–Trinajstić information content (AvgIpc) is 2.58. The Morgan fingerprint density at radius 1 is 1.29 bits per heavy atom. The first-order chi connectivity index (χ1) is 6.77. The summed E-state index contributed by atoms with van der Waals surface area (Å²) in [6.07, 6.45) is 4.49. The second-order valence-electron chi connectivity index (χ2n) is 2.94. The van der Waals surface area contributed by atoms with E-state index in [1.165, 1.54) is 6.20 Å². The molecule has 2 aromatic rings. The number of fused-ring (bicyclic) bond motifs is 1. The molecule has 0 saturated heterocycles. The quantitative estimate of drug-likeness (QED) is 0.732. The maximum Gasteiger partial charge on any atom is 0.329 e. The Bertz CT molecular complexity index is 497. The van der Waals surface area contributed by atoms with E-state index in [0.29, 0.717) is 0 Å². The van der Waals surface area contributed by atoms with Crippen LogP contribution in [0.4, 0.5) is 0 Å². The minimum absolute atomic E-state index is 0.942. The first kappa shape index (κ1) is 8.56. The molecule has 70 valence electrons. The maximum atomic E-state index is 10.3. The Morgan fingerprint density at radius 3 is 2.86 bits per heavy atom. The molecule has 1 N–H and O–H groups in total. The molecule has 0 radical (unpaired) electrons. The van der Waals surface area contributed by atoms with Gasteiger partial charge in [-0.25, -0.2) is 4.79 Å². The first-order valence-corrected chi connectivity index (χ1v) is 4.24. The van der Waals surface area contributed by atoms with Gasteiger partial charge in [-0.2, -0.15) is 0 Å². The van der Waals surface area contributed by atoms with Gasteiger partial charge in [0.2, 0.25) is 0 Å². The van der Waals surface area contributed by atoms with Gasteiger partial charge < -0.3 is 9.67 Å². The normalized spacial score (nSPS) is 11.1. The average molecular weight is 187 g/mol. The van der Waals surface area contributed by atoms with Crippen LogP contribution in [-0.4, -0.2) is 15.6 Å². The lowest BCUT2D eigenvalue weighted by Gasteiger charge is -1.95. The molecule has 0 amide bonds. The number of aromatic nitrogens is 1. The fourth-order valence-corrected chi connectivity index (χ4v) is 1.38. The predicted octanol–water partition coefficient (Wildman–Crippen LogP) is 2.20. The Kier molecular flexibility index (Phi) is 2.07. The molecule has 2 rings (SSSR count). The number of rotatable bonds is 2. The van der Waals surface area contributed by atoms with E-state index in [0.717, 1.165) is 17.0 Å². The molecular weight excluding hydrogens is 178 g/mol. The molecule has 1 heterocycles. The van der Waals surface area contributed by atoms with Crippen LogP contribution in [-0.2, 0) is 4.79 Å². The highest BCUT2D eigenvalue weighted by Gasteiger charge is 1.96. The molecule has 0 bridgehead atoms. The number of benzene rings is 1. The van der Waals surface area contributed by atoms with Gasteiger partial charge in [0.05, 0.1) is 5.52 Å². The smallest absolute Gasteiger partial charge is 0.329 e. The number of hydrogen-bond acceptors (Lipinski definition) is 1. The van der Waals surface area contributed by atoms with Crippen molar-refractivity contribution >= 4 is 23.1 Å². The highest BCUT2D eigenvalue weighted by atomic mass is 16.4. The topological polar surface area (TPSA) is 42.2 Å². The van der Waals surface area contributed by atoms with Gasteiger partial charge in [0, 0.05) is 18.5 Å². The molecule has 3 heteroatoms. The molecule has 0 saturated carbocycles. The largest absolute Gasteiger partial charge is 0.478 e. The zero-order chi connectivity index (χ0) is 9.97. The molecule has 0 spiro atoms. The van der Waals surface area contributed by atoms with Crippen LogP contribution in [0.1, 0.15) is 0 Å². The lowest BCUT2D eigenvalue weighted by molar-refractivity contribution is -0.131. The third-order valence-electron chi connectivity index (χ3n) is 2.01. The summed E-state index contributed by atoms with van der Waals surface area (Å²) in [4.78, 5) is 10.3. The summed E-state index contributed by atoms with van der Waals surface area (Å²) < 4.78 is 1.78. The van der Waals surface area contributed by atoms with Crippen LogP contribution >= 0.6 is 0 Å². The summed E-state index contributed by atoms with van der Waals surface area (Å²) in [5, 5.41) is 9.58. The van der Waals surface area contributed by atoms with E-state index in [1.54, 1.807) is 4.57 Å². The molecule has 0 fully saturated rings. The second kappa shape index (κ2) is 3.38. The fourth-order valence-electron chi connectivity index (χ4n) is 1.38. The van der Waals surface area contributed by atoms with Gasteiger partial charge in [-0.1, -0.05) is 18.2 Å². The van der Waals surface area contributed by atoms with Crippen molar-refractivity contribution in [2.24, 2.45) is 0 Å². The van der Waals surface area contributed by atoms with Crippen molar-refractivity contribution in [3.63, 3.8) is 0 Å². The monoisotopic (exact) mass is 187 g/mol. The van der Waals surface area contributed by atoms with Crippen LogP contribution < -0.4 is 0 Å². The van der Waals surface area contributed by atoms with Crippen molar-refractivity contribution in [3.05, 3.63) is 42.6 Å². The Balaban J connectivity index is 2.48. The molecule has 0 aliphatic rings. The second-order valence-corrected chi connectivity index (χ2v) is 2.94. The van der Waals surface area contributed by atoms with Gasteiger partial charge in [-0.15, -0.1) is 0 Å². The molecule has 14 heavy (non-hydrogen) atoms. The summed E-state index contributed by atoms with van der Waals surface area (Å²) in [7, 11) is 0. The van der Waals surface area contributed by atoms with Gasteiger partial charge in [0.15, 0.2) is 0 Å². The zero-order valence-corrected chi connectivity index (χ0v) is 7.42. The molecule has 0 aliphatic carbocycles. The molecule has 3 nitrogen and oxygen atoms in total. The molecule has 0 unspecified atom stereocenters. The number of carboxylic acid groups (broad SMARTS) is 1. The highest BCUT2D eigenvalue weighted by Crippen LogP contribution is 2.14. The minimum Gasteiger partial charge on any atom is -0.478 e. The lowest BCUT2D eigenvalue weighted by Crippen LogP contribution is -1.89. The Hall–Kier alpha value is -2.03. The van der Waals surface area contributed by atoms with Crippen molar-refractivity contribution in [1.29, 1.82) is 0 Å². The first-order valence-electron chi connectivity index (χ1n) is 4.24. The van der Waals surface area contributed by atoms with Gasteiger partial charge >= 0.3 is 5.97 Å². The minimum atomic E-state index is -0.942. The van der Waals surface area contributed by atoms with Crippen LogP contribution in [0.2, 0.25) is 0 Å². The maximum absolute atomic E-state index is 10.3. The van der Waals surface area contributed by atoms with E-state index in [1.807, 2.05) is 36.5 Å². The molecular formula is C11H9NO2. The van der Waals surface area contributed by atoms with Crippen LogP contribution in [0.15, 0.2) is 42.6 Å². The predicted molar refractivity (Wildman–Crippen MR) is 54.9 cm³/mol. The van der Waals surface area contributed by atoms with E-state index in [-0.39, 0.29) is 0 Å². The standard InChI is InChI=1S/C11H9NO2/c13-11(14)6-8-12-7-5-9-3-1-2-4-10(9)12/h1-8H,(H,13,14). The van der Waals surface area contributed by atoms with Gasteiger partial charge in [0.1, 0.15) is 0 Å². The summed E-state index contributed by atoms with van der Waals surface area (Å²) >= 11 is 0. The van der Waals surface area contributed by atoms with E-state index in [4.69, 9.17) is 5.11 Å². The van der Waals surface area contributed by atoms with Gasteiger partial charge in [0.25, 0.3) is 0 Å². The highest BCUT2D eigenvalue weighted by molar-refractivity contribution is 5.86. The number of carbonyl (C=O) groups is 1. The number of hydrogen-bond donors (Lipinski definition) is 1. The van der Waals surface area contributed by atoms with Gasteiger partial charge in [-0.3, -0.25) is 0 Å². The Morgan fingerprint density at radius 2 is 2.07 bits per heavy atom. The SMILES string of the molecule is O=C(O)C=Cn1ccc2ccccc21. The molecule has 0 atom stereocenters. The van der Waals surface area contributed by atoms with E-state index >= 15 is 0 Å². The third-order valence-corrected chi connectivity index (χ3v) is 2.01. The van der Waals surface area contributed by atoms with Crippen molar-refractivity contribution in [2.45, 2.75) is 0 Å². The number of para-hydroxylation sites is 1. The van der Waals surface area contributed by atoms with E-state index in [9.17, 15) is 4.79 Å². The van der Waals surface area contributed by atoms with Crippen molar-refractivity contribution in [3.8, 4) is 0 Å². The van der Waals surface area contributed by atoms with Crippen LogP contribution in [0.3, 0.4) is 0 Å². The van der Waals surface area contributed by atoms with Crippen LogP contribution in [0, 0.1) is 0 Å². The summed E-state index contributed by atoms with van der Waals surface area (Å²) in [5.41, 5.74) is 1.00. The van der Waals surface area contributed by atoms with Gasteiger partial charge in [-0.05, 0) is 17.5 Å². The third kappa shape index (κ3) is 1.52. The lowest BCUT2D eigenvalue weighted by atomic mass is 10.2. The number of nitrogens with zero attached hydrogens (tertiary/aromatic N) is 1. The van der Waals surface area contributed by atoms with E-state index in [2.05, 4.69) is 0 Å². The van der Waals surface area contributed by atoms with Crippen molar-refractivity contribution in [1.82, 2.24) is 4.57 Å². The fraction of sp³-hybridized carbons (Fsp3) is 0. The van der Waals surface area contributed by atoms with Crippen LogP contribution in [0.25, 0.3) is 17.1 Å². The van der Waals surface area contributed by atoms with Crippen LogP contribution in [0.5, 0.6) is 0 Å². The van der Waals surface area contributed by atoms with Crippen molar-refractivity contribution in [2.75, 3.05) is 0 Å². The molecule has 1 aromatic heterocycles. The summed E-state index contributed by atoms with van der Waals surface area (Å²) in [5.74, 6) is -0.942. The Labute approximate surface area is 80.9 Å².